The van der Waals surface area contributed by atoms with Gasteiger partial charge in [-0.2, -0.15) is 0 Å². The number of carbonyl (C=O) groups is 1. The van der Waals surface area contributed by atoms with Gasteiger partial charge in [-0.05, 0) is 36.2 Å². The van der Waals surface area contributed by atoms with Crippen molar-refractivity contribution >= 4 is 23.5 Å². The van der Waals surface area contributed by atoms with Gasteiger partial charge in [0.1, 0.15) is 11.2 Å². The van der Waals surface area contributed by atoms with Crippen LogP contribution in [0.4, 0.5) is 14.9 Å². The zero-order valence-corrected chi connectivity index (χ0v) is 13.1. The predicted octanol–water partition coefficient (Wildman–Crippen LogP) is 4.41. The highest BCUT2D eigenvalue weighted by atomic mass is 32.2. The molecule has 1 fully saturated rings. The van der Waals surface area contributed by atoms with Gasteiger partial charge in [-0.1, -0.05) is 30.3 Å². The molecule has 0 saturated carbocycles. The Bertz CT molecular complexity index is 675. The normalized spacial score (nSPS) is 17.5. The summed E-state index contributed by atoms with van der Waals surface area (Å²) >= 11 is 1.70. The van der Waals surface area contributed by atoms with Crippen LogP contribution in [0.3, 0.4) is 0 Å². The third kappa shape index (κ3) is 3.09. The minimum atomic E-state index is -0.261. The van der Waals surface area contributed by atoms with Crippen molar-refractivity contribution in [3.63, 3.8) is 0 Å². The average molecular weight is 316 g/mol. The summed E-state index contributed by atoms with van der Waals surface area (Å²) in [5, 5.41) is 2.90. The van der Waals surface area contributed by atoms with Gasteiger partial charge in [0, 0.05) is 18.0 Å². The molecule has 1 heterocycles. The van der Waals surface area contributed by atoms with Gasteiger partial charge in [-0.15, -0.1) is 11.8 Å². The molecule has 22 heavy (non-hydrogen) atoms. The number of para-hydroxylation sites is 1. The molecule has 2 amide bonds. The summed E-state index contributed by atoms with van der Waals surface area (Å²) in [5.41, 5.74) is 2.80. The van der Waals surface area contributed by atoms with Crippen LogP contribution in [0.25, 0.3) is 0 Å². The molecule has 0 unspecified atom stereocenters. The smallest absolute Gasteiger partial charge is 0.308 e. The second-order valence-electron chi connectivity index (χ2n) is 5.21. The zero-order valence-electron chi connectivity index (χ0n) is 12.3. The Morgan fingerprint density at radius 1 is 1.23 bits per heavy atom. The highest BCUT2D eigenvalue weighted by Crippen LogP contribution is 2.38. The van der Waals surface area contributed by atoms with Gasteiger partial charge in [0.05, 0.1) is 0 Å². The van der Waals surface area contributed by atoms with Crippen LogP contribution in [0.2, 0.25) is 0 Å². The quantitative estimate of drug-likeness (QED) is 0.890. The fourth-order valence-corrected chi connectivity index (χ4v) is 3.74. The van der Waals surface area contributed by atoms with Crippen molar-refractivity contribution in [2.24, 2.45) is 0 Å². The highest BCUT2D eigenvalue weighted by molar-refractivity contribution is 7.99. The van der Waals surface area contributed by atoms with Crippen LogP contribution in [0, 0.1) is 12.7 Å². The van der Waals surface area contributed by atoms with Crippen molar-refractivity contribution in [3.05, 3.63) is 65.5 Å². The predicted molar refractivity (Wildman–Crippen MR) is 88.5 cm³/mol. The van der Waals surface area contributed by atoms with E-state index in [2.05, 4.69) is 5.32 Å². The number of hydrogen-bond acceptors (Lipinski definition) is 2. The Labute approximate surface area is 133 Å². The molecule has 2 aromatic carbocycles. The SMILES string of the molecule is Cc1ccccc1NC(=O)N1CCS[C@H]1c1ccc(F)cc1. The number of anilines is 1. The summed E-state index contributed by atoms with van der Waals surface area (Å²) in [6.45, 7) is 2.65. The number of rotatable bonds is 2. The molecule has 5 heteroatoms. The molecular formula is C17H17FN2OS. The number of aryl methyl sites for hydroxylation is 1. The van der Waals surface area contributed by atoms with E-state index in [-0.39, 0.29) is 17.2 Å². The van der Waals surface area contributed by atoms with E-state index in [4.69, 9.17) is 0 Å². The Hall–Kier alpha value is -2.01. The summed E-state index contributed by atoms with van der Waals surface area (Å²) in [6, 6.07) is 13.9. The van der Waals surface area contributed by atoms with Gasteiger partial charge in [0.15, 0.2) is 0 Å². The van der Waals surface area contributed by atoms with E-state index in [0.717, 1.165) is 22.6 Å². The molecule has 0 aromatic heterocycles. The number of nitrogens with zero attached hydrogens (tertiary/aromatic N) is 1. The molecule has 1 aliphatic heterocycles. The number of benzene rings is 2. The molecule has 3 nitrogen and oxygen atoms in total. The van der Waals surface area contributed by atoms with Gasteiger partial charge >= 0.3 is 6.03 Å². The van der Waals surface area contributed by atoms with Gasteiger partial charge in [0.25, 0.3) is 0 Å². The number of halogens is 1. The van der Waals surface area contributed by atoms with Crippen LogP contribution >= 0.6 is 11.8 Å². The third-order valence-electron chi connectivity index (χ3n) is 3.69. The molecule has 0 bridgehead atoms. The van der Waals surface area contributed by atoms with Crippen LogP contribution in [0.5, 0.6) is 0 Å². The minimum absolute atomic E-state index is 0.0652. The Morgan fingerprint density at radius 2 is 1.95 bits per heavy atom. The molecule has 1 saturated heterocycles. The fraction of sp³-hybridized carbons (Fsp3) is 0.235. The van der Waals surface area contributed by atoms with Crippen molar-refractivity contribution in [2.75, 3.05) is 17.6 Å². The lowest BCUT2D eigenvalue weighted by Gasteiger charge is -2.24. The highest BCUT2D eigenvalue weighted by Gasteiger charge is 2.30. The first-order chi connectivity index (χ1) is 10.6. The third-order valence-corrected chi connectivity index (χ3v) is 4.95. The van der Waals surface area contributed by atoms with E-state index in [1.54, 1.807) is 28.8 Å². The second kappa shape index (κ2) is 6.40. The molecule has 0 radical (unpaired) electrons. The summed E-state index contributed by atoms with van der Waals surface area (Å²) in [5.74, 6) is 0.617. The number of amides is 2. The average Bonchev–Trinajstić information content (AvgIpc) is 3.00. The first-order valence-electron chi connectivity index (χ1n) is 7.15. The standard InChI is InChI=1S/C17H17FN2OS/c1-12-4-2-3-5-15(12)19-17(21)20-10-11-22-16(20)13-6-8-14(18)9-7-13/h2-9,16H,10-11H2,1H3,(H,19,21)/t16-/m0/s1. The molecule has 1 N–H and O–H groups in total. The lowest BCUT2D eigenvalue weighted by atomic mass is 10.2. The first kappa shape index (κ1) is 14.9. The second-order valence-corrected chi connectivity index (χ2v) is 6.40. The van der Waals surface area contributed by atoms with Gasteiger partial charge in [-0.3, -0.25) is 0 Å². The molecule has 2 aromatic rings. The number of thioether (sulfide) groups is 1. The number of urea groups is 1. The van der Waals surface area contributed by atoms with Gasteiger partial charge in [-0.25, -0.2) is 9.18 Å². The topological polar surface area (TPSA) is 32.3 Å². The molecule has 0 spiro atoms. The van der Waals surface area contributed by atoms with Crippen LogP contribution in [-0.4, -0.2) is 23.2 Å². The van der Waals surface area contributed by atoms with Crippen LogP contribution in [0.1, 0.15) is 16.5 Å². The minimum Gasteiger partial charge on any atom is -0.308 e. The maximum atomic E-state index is 13.1. The van der Waals surface area contributed by atoms with Gasteiger partial charge in [0.2, 0.25) is 0 Å². The maximum Gasteiger partial charge on any atom is 0.323 e. The summed E-state index contributed by atoms with van der Waals surface area (Å²) in [7, 11) is 0. The number of hydrogen-bond donors (Lipinski definition) is 1. The van der Waals surface area contributed by atoms with Crippen molar-refractivity contribution in [2.45, 2.75) is 12.3 Å². The zero-order chi connectivity index (χ0) is 15.5. The molecule has 114 valence electrons. The monoisotopic (exact) mass is 316 g/mol. The van der Waals surface area contributed by atoms with E-state index in [0.29, 0.717) is 6.54 Å². The number of carbonyl (C=O) groups excluding carboxylic acids is 1. The first-order valence-corrected chi connectivity index (χ1v) is 8.20. The Morgan fingerprint density at radius 3 is 2.68 bits per heavy atom. The van der Waals surface area contributed by atoms with E-state index < -0.39 is 0 Å². The van der Waals surface area contributed by atoms with Crippen LogP contribution in [-0.2, 0) is 0 Å². The van der Waals surface area contributed by atoms with Crippen molar-refractivity contribution in [1.29, 1.82) is 0 Å². The summed E-state index contributed by atoms with van der Waals surface area (Å²) in [4.78, 5) is 14.3. The van der Waals surface area contributed by atoms with Crippen LogP contribution in [0.15, 0.2) is 48.5 Å². The molecule has 1 aliphatic rings. The largest absolute Gasteiger partial charge is 0.323 e. The van der Waals surface area contributed by atoms with Crippen molar-refractivity contribution < 1.29 is 9.18 Å². The van der Waals surface area contributed by atoms with E-state index in [1.807, 2.05) is 31.2 Å². The molecule has 0 aliphatic carbocycles. The van der Waals surface area contributed by atoms with Crippen LogP contribution < -0.4 is 5.32 Å². The molecule has 3 rings (SSSR count). The number of nitrogens with one attached hydrogen (secondary N) is 1. The van der Waals surface area contributed by atoms with Gasteiger partial charge < -0.3 is 10.2 Å². The van der Waals surface area contributed by atoms with E-state index in [9.17, 15) is 9.18 Å². The fourth-order valence-electron chi connectivity index (χ4n) is 2.48. The Kier molecular flexibility index (Phi) is 4.34. The molecule has 1 atom stereocenters. The van der Waals surface area contributed by atoms with Crippen molar-refractivity contribution in [3.8, 4) is 0 Å². The summed E-state index contributed by atoms with van der Waals surface area (Å²) in [6.07, 6.45) is 0. The summed E-state index contributed by atoms with van der Waals surface area (Å²) < 4.78 is 13.1. The van der Waals surface area contributed by atoms with Crippen molar-refractivity contribution in [1.82, 2.24) is 4.90 Å². The van der Waals surface area contributed by atoms with E-state index in [1.165, 1.54) is 12.1 Å². The Balaban J connectivity index is 1.76. The lowest BCUT2D eigenvalue weighted by Crippen LogP contribution is -2.34. The maximum absolute atomic E-state index is 13.1. The lowest BCUT2D eigenvalue weighted by molar-refractivity contribution is 0.214. The van der Waals surface area contributed by atoms with E-state index >= 15 is 0 Å². The molecular weight excluding hydrogens is 299 g/mol.